The fourth-order valence-electron chi connectivity index (χ4n) is 2.36. The molecule has 1 atom stereocenters. The number of nitrogens with zero attached hydrogens (tertiary/aromatic N) is 1. The van der Waals surface area contributed by atoms with Crippen molar-refractivity contribution in [2.45, 2.75) is 32.2 Å². The molecule has 1 unspecified atom stereocenters. The van der Waals surface area contributed by atoms with E-state index >= 15 is 0 Å². The first kappa shape index (κ1) is 20.0. The number of anilines is 1. The molecule has 5 nitrogen and oxygen atoms in total. The lowest BCUT2D eigenvalue weighted by Crippen LogP contribution is -2.44. The van der Waals surface area contributed by atoms with Crippen molar-refractivity contribution in [3.63, 3.8) is 0 Å². The summed E-state index contributed by atoms with van der Waals surface area (Å²) >= 11 is 3.25. The van der Waals surface area contributed by atoms with Crippen LogP contribution >= 0.6 is 15.9 Å². The first-order valence-corrected chi connectivity index (χ1v) is 8.83. The van der Waals surface area contributed by atoms with E-state index in [-0.39, 0.29) is 12.0 Å². The Balaban J connectivity index is 2.00. The zero-order valence-electron chi connectivity index (χ0n) is 14.1. The van der Waals surface area contributed by atoms with Gasteiger partial charge in [0.25, 0.3) is 0 Å². The predicted molar refractivity (Wildman–Crippen MR) is 97.5 cm³/mol. The summed E-state index contributed by atoms with van der Waals surface area (Å²) < 4.78 is 27.2. The van der Waals surface area contributed by atoms with E-state index in [9.17, 15) is 18.4 Å². The first-order chi connectivity index (χ1) is 12.4. The topological polar surface area (TPSA) is 71.1 Å². The highest BCUT2D eigenvalue weighted by Gasteiger charge is 2.20. The Bertz CT molecular complexity index is 764. The van der Waals surface area contributed by atoms with Gasteiger partial charge < -0.3 is 10.6 Å². The Morgan fingerprint density at radius 2 is 1.88 bits per heavy atom. The molecule has 2 rings (SSSR count). The van der Waals surface area contributed by atoms with Crippen LogP contribution in [-0.4, -0.2) is 22.8 Å². The largest absolute Gasteiger partial charge is 0.344 e. The van der Waals surface area contributed by atoms with Crippen LogP contribution in [0, 0.1) is 11.6 Å². The van der Waals surface area contributed by atoms with Gasteiger partial charge in [-0.05, 0) is 52.2 Å². The number of aromatic nitrogens is 1. The van der Waals surface area contributed by atoms with Crippen LogP contribution in [0.3, 0.4) is 0 Å². The number of nitrogens with one attached hydrogen (secondary N) is 2. The van der Waals surface area contributed by atoms with E-state index in [0.29, 0.717) is 18.7 Å². The lowest BCUT2D eigenvalue weighted by Gasteiger charge is -2.17. The Labute approximate surface area is 158 Å². The van der Waals surface area contributed by atoms with Gasteiger partial charge in [0.05, 0.1) is 6.42 Å². The van der Waals surface area contributed by atoms with E-state index in [0.717, 1.165) is 22.7 Å². The number of carbonyl (C=O) groups excluding carboxylic acids is 2. The summed E-state index contributed by atoms with van der Waals surface area (Å²) in [6.07, 6.45) is 2.41. The van der Waals surface area contributed by atoms with Crippen LogP contribution < -0.4 is 10.6 Å². The van der Waals surface area contributed by atoms with Crippen LogP contribution in [0.4, 0.5) is 14.6 Å². The van der Waals surface area contributed by atoms with Gasteiger partial charge in [0, 0.05) is 16.7 Å². The molecule has 1 heterocycles. The van der Waals surface area contributed by atoms with Gasteiger partial charge in [0.2, 0.25) is 11.8 Å². The van der Waals surface area contributed by atoms with E-state index in [1.54, 1.807) is 18.3 Å². The summed E-state index contributed by atoms with van der Waals surface area (Å²) in [7, 11) is 0. The molecule has 0 fully saturated rings. The zero-order valence-corrected chi connectivity index (χ0v) is 15.6. The Morgan fingerprint density at radius 3 is 2.46 bits per heavy atom. The molecule has 0 spiro atoms. The molecule has 0 saturated carbocycles. The SMILES string of the molecule is CCCC(NC(=O)Cc1cc(F)cc(F)c1)C(=O)Nc1ccc(Br)cn1. The number of halogens is 3. The first-order valence-electron chi connectivity index (χ1n) is 8.04. The average molecular weight is 426 g/mol. The second-order valence-electron chi connectivity index (χ2n) is 5.71. The molecule has 1 aromatic heterocycles. The molecular weight excluding hydrogens is 408 g/mol. The molecule has 138 valence electrons. The van der Waals surface area contributed by atoms with Crippen LogP contribution in [-0.2, 0) is 16.0 Å². The number of benzene rings is 1. The molecule has 2 N–H and O–H groups in total. The van der Waals surface area contributed by atoms with Crippen molar-refractivity contribution in [1.82, 2.24) is 10.3 Å². The molecule has 0 bridgehead atoms. The van der Waals surface area contributed by atoms with E-state index in [1.807, 2.05) is 6.92 Å². The summed E-state index contributed by atoms with van der Waals surface area (Å²) in [5, 5.41) is 5.24. The molecule has 0 aliphatic carbocycles. The average Bonchev–Trinajstić information content (AvgIpc) is 2.55. The van der Waals surface area contributed by atoms with Gasteiger partial charge >= 0.3 is 0 Å². The van der Waals surface area contributed by atoms with Gasteiger partial charge in [-0.3, -0.25) is 9.59 Å². The third kappa shape index (κ3) is 6.18. The summed E-state index contributed by atoms with van der Waals surface area (Å²) in [5.74, 6) is -2.04. The number of pyridine rings is 1. The van der Waals surface area contributed by atoms with Gasteiger partial charge in [0.15, 0.2) is 0 Å². The van der Waals surface area contributed by atoms with Crippen molar-refractivity contribution in [1.29, 1.82) is 0 Å². The van der Waals surface area contributed by atoms with Crippen molar-refractivity contribution in [2.24, 2.45) is 0 Å². The van der Waals surface area contributed by atoms with Crippen molar-refractivity contribution < 1.29 is 18.4 Å². The van der Waals surface area contributed by atoms with Gasteiger partial charge in [-0.25, -0.2) is 13.8 Å². The third-order valence-electron chi connectivity index (χ3n) is 3.49. The summed E-state index contributed by atoms with van der Waals surface area (Å²) in [6, 6.07) is 5.50. The normalized spacial score (nSPS) is 11.7. The van der Waals surface area contributed by atoms with Crippen molar-refractivity contribution in [3.8, 4) is 0 Å². The predicted octanol–water partition coefficient (Wildman–Crippen LogP) is 3.59. The summed E-state index contributed by atoms with van der Waals surface area (Å²) in [4.78, 5) is 28.6. The fraction of sp³-hybridized carbons (Fsp3) is 0.278. The Kier molecular flexibility index (Phi) is 7.20. The second-order valence-corrected chi connectivity index (χ2v) is 6.63. The van der Waals surface area contributed by atoms with Gasteiger partial charge in [0.1, 0.15) is 23.5 Å². The van der Waals surface area contributed by atoms with E-state index in [1.165, 1.54) is 0 Å². The molecule has 0 radical (unpaired) electrons. The standard InChI is InChI=1S/C18H18BrF2N3O2/c1-2-3-15(18(26)24-16-5-4-12(19)10-22-16)23-17(25)8-11-6-13(20)9-14(21)7-11/h4-7,9-10,15H,2-3,8H2,1H3,(H,23,25)(H,22,24,26). The minimum atomic E-state index is -0.767. The van der Waals surface area contributed by atoms with E-state index < -0.39 is 29.5 Å². The third-order valence-corrected chi connectivity index (χ3v) is 3.96. The number of rotatable bonds is 7. The number of carbonyl (C=O) groups is 2. The van der Waals surface area contributed by atoms with Crippen LogP contribution in [0.15, 0.2) is 41.0 Å². The quantitative estimate of drug-likeness (QED) is 0.711. The highest BCUT2D eigenvalue weighted by Crippen LogP contribution is 2.12. The maximum atomic E-state index is 13.2. The highest BCUT2D eigenvalue weighted by atomic mass is 79.9. The fourth-order valence-corrected chi connectivity index (χ4v) is 2.60. The summed E-state index contributed by atoms with van der Waals surface area (Å²) in [6.45, 7) is 1.88. The lowest BCUT2D eigenvalue weighted by molar-refractivity contribution is -0.126. The van der Waals surface area contributed by atoms with Crippen LogP contribution in [0.5, 0.6) is 0 Å². The molecule has 0 aliphatic rings. The molecule has 0 saturated heterocycles. The highest BCUT2D eigenvalue weighted by molar-refractivity contribution is 9.10. The van der Waals surface area contributed by atoms with Gasteiger partial charge in [-0.2, -0.15) is 0 Å². The Hall–Kier alpha value is -2.35. The van der Waals surface area contributed by atoms with Gasteiger partial charge in [-0.15, -0.1) is 0 Å². The van der Waals surface area contributed by atoms with Crippen molar-refractivity contribution in [3.05, 3.63) is 58.2 Å². The molecule has 2 amide bonds. The number of hydrogen-bond donors (Lipinski definition) is 2. The molecule has 8 heteroatoms. The van der Waals surface area contributed by atoms with E-state index in [2.05, 4.69) is 31.5 Å². The monoisotopic (exact) mass is 425 g/mol. The minimum Gasteiger partial charge on any atom is -0.344 e. The van der Waals surface area contributed by atoms with E-state index in [4.69, 9.17) is 0 Å². The minimum absolute atomic E-state index is 0.199. The van der Waals surface area contributed by atoms with Crippen molar-refractivity contribution >= 4 is 33.6 Å². The lowest BCUT2D eigenvalue weighted by atomic mass is 10.1. The zero-order chi connectivity index (χ0) is 19.1. The maximum absolute atomic E-state index is 13.2. The molecule has 26 heavy (non-hydrogen) atoms. The second kappa shape index (κ2) is 9.38. The van der Waals surface area contributed by atoms with Crippen LogP contribution in [0.25, 0.3) is 0 Å². The molecule has 1 aromatic carbocycles. The maximum Gasteiger partial charge on any atom is 0.248 e. The summed E-state index contributed by atoms with van der Waals surface area (Å²) in [5.41, 5.74) is 0.199. The number of hydrogen-bond acceptors (Lipinski definition) is 3. The number of amides is 2. The smallest absolute Gasteiger partial charge is 0.248 e. The van der Waals surface area contributed by atoms with Crippen molar-refractivity contribution in [2.75, 3.05) is 5.32 Å². The molecule has 2 aromatic rings. The van der Waals surface area contributed by atoms with Gasteiger partial charge in [-0.1, -0.05) is 13.3 Å². The Morgan fingerprint density at radius 1 is 1.19 bits per heavy atom. The van der Waals surface area contributed by atoms with Crippen LogP contribution in [0.1, 0.15) is 25.3 Å². The molecule has 0 aliphatic heterocycles. The molecular formula is C18H18BrF2N3O2. The van der Waals surface area contributed by atoms with Crippen LogP contribution in [0.2, 0.25) is 0 Å².